The summed E-state index contributed by atoms with van der Waals surface area (Å²) in [6.07, 6.45) is 5.28. The van der Waals surface area contributed by atoms with Crippen LogP contribution in [-0.2, 0) is 11.2 Å². The molecule has 1 N–H and O–H groups in total. The minimum atomic E-state index is -0.804. The first-order chi connectivity index (χ1) is 9.66. The predicted molar refractivity (Wildman–Crippen MR) is 80.7 cm³/mol. The number of hydrogen-bond donors (Lipinski definition) is 1. The van der Waals surface area contributed by atoms with Gasteiger partial charge in [-0.3, -0.25) is 4.79 Å². The average molecular weight is 308 g/mol. The van der Waals surface area contributed by atoms with Gasteiger partial charge in [0.05, 0.1) is 11.8 Å². The molecule has 0 aromatic carbocycles. The van der Waals surface area contributed by atoms with Crippen LogP contribution < -0.4 is 0 Å². The van der Waals surface area contributed by atoms with Crippen LogP contribution in [-0.4, -0.2) is 26.4 Å². The Morgan fingerprint density at radius 2 is 2.50 bits per heavy atom. The fraction of sp³-hybridized carbons (Fsp3) is 0.429. The fourth-order valence-electron chi connectivity index (χ4n) is 2.77. The lowest BCUT2D eigenvalue weighted by Crippen LogP contribution is -2.18. The zero-order valence-corrected chi connectivity index (χ0v) is 12.8. The first kappa shape index (κ1) is 13.7. The van der Waals surface area contributed by atoms with E-state index in [4.69, 9.17) is 5.11 Å². The Kier molecular flexibility index (Phi) is 3.85. The Bertz CT molecular complexity index is 633. The van der Waals surface area contributed by atoms with E-state index in [1.807, 2.05) is 24.5 Å². The van der Waals surface area contributed by atoms with Crippen LogP contribution in [0.25, 0.3) is 0 Å². The highest BCUT2D eigenvalue weighted by Gasteiger charge is 2.26. The van der Waals surface area contributed by atoms with Crippen molar-refractivity contribution in [1.82, 2.24) is 9.55 Å². The number of thiophene rings is 1. The monoisotopic (exact) mass is 308 g/mol. The summed E-state index contributed by atoms with van der Waals surface area (Å²) in [6, 6.07) is 2.51. The smallest absolute Gasteiger partial charge is 0.313 e. The van der Waals surface area contributed by atoms with Gasteiger partial charge in [0.15, 0.2) is 5.16 Å². The SMILES string of the molecule is Cc1cnc(SCC(=O)O)n1C1CCCc2sccc21. The molecule has 0 amide bonds. The highest BCUT2D eigenvalue weighted by atomic mass is 32.2. The molecule has 20 heavy (non-hydrogen) atoms. The van der Waals surface area contributed by atoms with Crippen LogP contribution in [0.5, 0.6) is 0 Å². The first-order valence-electron chi connectivity index (χ1n) is 6.61. The molecule has 2 aromatic heterocycles. The summed E-state index contributed by atoms with van der Waals surface area (Å²) < 4.78 is 2.21. The minimum Gasteiger partial charge on any atom is -0.481 e. The molecule has 0 saturated carbocycles. The van der Waals surface area contributed by atoms with Crippen molar-refractivity contribution in [1.29, 1.82) is 0 Å². The van der Waals surface area contributed by atoms with E-state index < -0.39 is 5.97 Å². The standard InChI is InChI=1S/C14H16N2O2S2/c1-9-7-15-14(20-8-13(17)18)16(9)11-3-2-4-12-10(11)5-6-19-12/h5-7,11H,2-4,8H2,1H3,(H,17,18). The molecule has 0 bridgehead atoms. The van der Waals surface area contributed by atoms with Crippen molar-refractivity contribution in [3.05, 3.63) is 33.8 Å². The van der Waals surface area contributed by atoms with Gasteiger partial charge >= 0.3 is 5.97 Å². The number of thioether (sulfide) groups is 1. The quantitative estimate of drug-likeness (QED) is 0.880. The predicted octanol–water partition coefficient (Wildman–Crippen LogP) is 3.36. The first-order valence-corrected chi connectivity index (χ1v) is 8.48. The van der Waals surface area contributed by atoms with Crippen LogP contribution >= 0.6 is 23.1 Å². The van der Waals surface area contributed by atoms with Gasteiger partial charge in [0, 0.05) is 16.8 Å². The average Bonchev–Trinajstić information content (AvgIpc) is 3.02. The van der Waals surface area contributed by atoms with Crippen molar-refractivity contribution >= 4 is 29.1 Å². The molecule has 1 aliphatic rings. The molecule has 1 unspecified atom stereocenters. The summed E-state index contributed by atoms with van der Waals surface area (Å²) in [5.74, 6) is -0.748. The summed E-state index contributed by atoms with van der Waals surface area (Å²) in [6.45, 7) is 2.04. The highest BCUT2D eigenvalue weighted by Crippen LogP contribution is 2.38. The number of imidazole rings is 1. The van der Waals surface area contributed by atoms with E-state index in [9.17, 15) is 4.79 Å². The fourth-order valence-corrected chi connectivity index (χ4v) is 4.54. The number of aliphatic carboxylic acids is 1. The lowest BCUT2D eigenvalue weighted by Gasteiger charge is -2.26. The van der Waals surface area contributed by atoms with Gasteiger partial charge in [0.1, 0.15) is 0 Å². The summed E-state index contributed by atoms with van der Waals surface area (Å²) in [4.78, 5) is 16.6. The van der Waals surface area contributed by atoms with Gasteiger partial charge in [-0.2, -0.15) is 0 Å². The van der Waals surface area contributed by atoms with Crippen molar-refractivity contribution in [3.8, 4) is 0 Å². The molecule has 0 fully saturated rings. The topological polar surface area (TPSA) is 55.1 Å². The van der Waals surface area contributed by atoms with E-state index in [0.717, 1.165) is 23.7 Å². The maximum atomic E-state index is 10.8. The minimum absolute atomic E-state index is 0.0552. The Hall–Kier alpha value is -1.27. The summed E-state index contributed by atoms with van der Waals surface area (Å²) in [5, 5.41) is 11.8. The van der Waals surface area contributed by atoms with Crippen molar-refractivity contribution in [3.63, 3.8) is 0 Å². The molecule has 0 spiro atoms. The second-order valence-corrected chi connectivity index (χ2v) is 6.88. The lowest BCUT2D eigenvalue weighted by atomic mass is 9.94. The molecule has 4 nitrogen and oxygen atoms in total. The number of carboxylic acids is 1. The molecule has 2 aromatic rings. The molecule has 1 aliphatic carbocycles. The van der Waals surface area contributed by atoms with Gasteiger partial charge in [0.2, 0.25) is 0 Å². The zero-order chi connectivity index (χ0) is 14.1. The van der Waals surface area contributed by atoms with Gasteiger partial charge in [-0.25, -0.2) is 4.98 Å². The summed E-state index contributed by atoms with van der Waals surface area (Å²) in [7, 11) is 0. The third-order valence-corrected chi connectivity index (χ3v) is 5.55. The Labute approximate surface area is 125 Å². The third-order valence-electron chi connectivity index (χ3n) is 3.60. The molecule has 1 atom stereocenters. The van der Waals surface area contributed by atoms with Gasteiger partial charge in [-0.1, -0.05) is 11.8 Å². The molecule has 0 aliphatic heterocycles. The molecule has 3 rings (SSSR count). The number of fused-ring (bicyclic) bond motifs is 1. The molecule has 0 radical (unpaired) electrons. The molecule has 0 saturated heterocycles. The van der Waals surface area contributed by atoms with Crippen LogP contribution in [0.3, 0.4) is 0 Å². The van der Waals surface area contributed by atoms with Gasteiger partial charge < -0.3 is 9.67 Å². The molecule has 6 heteroatoms. The third kappa shape index (κ3) is 2.50. The maximum absolute atomic E-state index is 10.8. The van der Waals surface area contributed by atoms with Crippen LogP contribution in [0.15, 0.2) is 22.8 Å². The van der Waals surface area contributed by atoms with Crippen molar-refractivity contribution in [2.75, 3.05) is 5.75 Å². The van der Waals surface area contributed by atoms with Crippen LogP contribution in [0.2, 0.25) is 0 Å². The molecule has 106 valence electrons. The zero-order valence-electron chi connectivity index (χ0n) is 11.2. The number of carboxylic acid groups (broad SMARTS) is 1. The second kappa shape index (κ2) is 5.61. The van der Waals surface area contributed by atoms with Gasteiger partial charge in [-0.05, 0) is 43.2 Å². The number of aryl methyl sites for hydroxylation is 2. The van der Waals surface area contributed by atoms with Gasteiger partial charge in [-0.15, -0.1) is 11.3 Å². The highest BCUT2D eigenvalue weighted by molar-refractivity contribution is 7.99. The normalized spacial score (nSPS) is 17.9. The van der Waals surface area contributed by atoms with E-state index in [1.54, 1.807) is 0 Å². The maximum Gasteiger partial charge on any atom is 0.313 e. The number of nitrogens with zero attached hydrogens (tertiary/aromatic N) is 2. The van der Waals surface area contributed by atoms with E-state index >= 15 is 0 Å². The van der Waals surface area contributed by atoms with Crippen LogP contribution in [0.4, 0.5) is 0 Å². The largest absolute Gasteiger partial charge is 0.481 e. The summed E-state index contributed by atoms with van der Waals surface area (Å²) >= 11 is 3.12. The van der Waals surface area contributed by atoms with Gasteiger partial charge in [0.25, 0.3) is 0 Å². The number of aromatic nitrogens is 2. The van der Waals surface area contributed by atoms with E-state index in [2.05, 4.69) is 21.0 Å². The Morgan fingerprint density at radius 1 is 1.65 bits per heavy atom. The Balaban J connectivity index is 1.95. The van der Waals surface area contributed by atoms with Crippen LogP contribution in [0.1, 0.15) is 35.0 Å². The number of hydrogen-bond acceptors (Lipinski definition) is 4. The Morgan fingerprint density at radius 3 is 3.30 bits per heavy atom. The summed E-state index contributed by atoms with van der Waals surface area (Å²) in [5.41, 5.74) is 2.49. The molecule has 2 heterocycles. The lowest BCUT2D eigenvalue weighted by molar-refractivity contribution is -0.133. The second-order valence-electron chi connectivity index (χ2n) is 4.94. The van der Waals surface area contributed by atoms with Crippen LogP contribution in [0, 0.1) is 6.92 Å². The number of carbonyl (C=O) groups is 1. The molecular formula is C14H16N2O2S2. The number of rotatable bonds is 4. The van der Waals surface area contributed by atoms with Crippen molar-refractivity contribution in [2.45, 2.75) is 37.4 Å². The van der Waals surface area contributed by atoms with E-state index in [1.165, 1.54) is 28.6 Å². The van der Waals surface area contributed by atoms with Crippen molar-refractivity contribution in [2.24, 2.45) is 0 Å². The molecular weight excluding hydrogens is 292 g/mol. The van der Waals surface area contributed by atoms with E-state index in [-0.39, 0.29) is 5.75 Å². The van der Waals surface area contributed by atoms with E-state index in [0.29, 0.717) is 6.04 Å². The van der Waals surface area contributed by atoms with Crippen molar-refractivity contribution < 1.29 is 9.90 Å².